The summed E-state index contributed by atoms with van der Waals surface area (Å²) in [6.45, 7) is 1.68. The van der Waals surface area contributed by atoms with Gasteiger partial charge in [-0.3, -0.25) is 4.79 Å². The summed E-state index contributed by atoms with van der Waals surface area (Å²) < 4.78 is 0. The summed E-state index contributed by atoms with van der Waals surface area (Å²) in [6, 6.07) is 0. The second-order valence-electron chi connectivity index (χ2n) is 1.98. The van der Waals surface area contributed by atoms with Crippen molar-refractivity contribution in [3.05, 3.63) is 0 Å². The van der Waals surface area contributed by atoms with Gasteiger partial charge in [0.25, 0.3) is 0 Å². The molecule has 0 aromatic heterocycles. The van der Waals surface area contributed by atoms with Gasteiger partial charge in [-0.15, -0.1) is 11.8 Å². The third-order valence-corrected chi connectivity index (χ3v) is 2.17. The number of amides is 1. The van der Waals surface area contributed by atoms with Crippen molar-refractivity contribution in [3.8, 4) is 0 Å². The van der Waals surface area contributed by atoms with Crippen molar-refractivity contribution >= 4 is 22.7 Å². The maximum atomic E-state index is 11.0. The Morgan fingerprint density at radius 3 is 2.55 bits per heavy atom. The van der Waals surface area contributed by atoms with Gasteiger partial charge in [0.05, 0.1) is 5.92 Å². The molecular formula is C6H12N2O2S. The van der Waals surface area contributed by atoms with Gasteiger partial charge in [-0.25, -0.2) is 0 Å². The minimum absolute atomic E-state index is 0.146. The largest absolute Gasteiger partial charge is 0.410 e. The molecule has 0 rings (SSSR count). The van der Waals surface area contributed by atoms with Gasteiger partial charge in [0.1, 0.15) is 5.04 Å². The molecule has 0 saturated carbocycles. The lowest BCUT2D eigenvalue weighted by Gasteiger charge is -2.08. The van der Waals surface area contributed by atoms with Crippen LogP contribution in [0.15, 0.2) is 5.16 Å². The molecule has 0 aromatic rings. The highest BCUT2D eigenvalue weighted by molar-refractivity contribution is 8.13. The van der Waals surface area contributed by atoms with Crippen molar-refractivity contribution in [1.82, 2.24) is 5.32 Å². The molecule has 0 spiro atoms. The van der Waals surface area contributed by atoms with Crippen molar-refractivity contribution in [2.45, 2.75) is 6.92 Å². The van der Waals surface area contributed by atoms with Gasteiger partial charge in [0, 0.05) is 7.05 Å². The molecular weight excluding hydrogens is 164 g/mol. The lowest BCUT2D eigenvalue weighted by Crippen LogP contribution is -2.29. The topological polar surface area (TPSA) is 61.7 Å². The third-order valence-electron chi connectivity index (χ3n) is 1.32. The number of nitrogens with zero attached hydrogens (tertiary/aromatic N) is 1. The lowest BCUT2D eigenvalue weighted by molar-refractivity contribution is -0.122. The van der Waals surface area contributed by atoms with Crippen LogP contribution in [0.1, 0.15) is 6.92 Å². The van der Waals surface area contributed by atoms with Crippen LogP contribution in [-0.2, 0) is 4.79 Å². The van der Waals surface area contributed by atoms with Crippen LogP contribution in [0.4, 0.5) is 0 Å². The zero-order chi connectivity index (χ0) is 8.85. The van der Waals surface area contributed by atoms with E-state index in [1.807, 2.05) is 0 Å². The van der Waals surface area contributed by atoms with Crippen molar-refractivity contribution < 1.29 is 10.0 Å². The van der Waals surface area contributed by atoms with E-state index >= 15 is 0 Å². The molecule has 1 atom stereocenters. The van der Waals surface area contributed by atoms with E-state index in [2.05, 4.69) is 10.5 Å². The molecule has 0 fully saturated rings. The Morgan fingerprint density at radius 2 is 2.27 bits per heavy atom. The van der Waals surface area contributed by atoms with E-state index < -0.39 is 0 Å². The maximum Gasteiger partial charge on any atom is 0.229 e. The fourth-order valence-electron chi connectivity index (χ4n) is 0.633. The molecule has 0 bridgehead atoms. The first-order valence-corrected chi connectivity index (χ1v) is 4.37. The van der Waals surface area contributed by atoms with E-state index in [1.165, 1.54) is 11.8 Å². The summed E-state index contributed by atoms with van der Waals surface area (Å²) in [4.78, 5) is 11.0. The summed E-state index contributed by atoms with van der Waals surface area (Å²) in [6.07, 6.45) is 1.76. The molecule has 0 heterocycles. The van der Waals surface area contributed by atoms with Gasteiger partial charge in [0.2, 0.25) is 5.91 Å². The van der Waals surface area contributed by atoms with Crippen molar-refractivity contribution in [2.24, 2.45) is 11.1 Å². The molecule has 0 saturated heterocycles. The van der Waals surface area contributed by atoms with E-state index in [0.717, 1.165) is 0 Å². The number of nitrogens with one attached hydrogen (secondary N) is 1. The minimum atomic E-state index is -0.375. The Kier molecular flexibility index (Phi) is 4.69. The molecule has 64 valence electrons. The Morgan fingerprint density at radius 1 is 1.73 bits per heavy atom. The first-order chi connectivity index (χ1) is 5.17. The fraction of sp³-hybridized carbons (Fsp3) is 0.667. The van der Waals surface area contributed by atoms with Gasteiger partial charge >= 0.3 is 0 Å². The van der Waals surface area contributed by atoms with E-state index in [1.54, 1.807) is 20.2 Å². The highest BCUT2D eigenvalue weighted by atomic mass is 32.2. The molecule has 0 aliphatic heterocycles. The number of rotatable bonds is 2. The van der Waals surface area contributed by atoms with Crippen molar-refractivity contribution in [2.75, 3.05) is 13.3 Å². The molecule has 5 heteroatoms. The van der Waals surface area contributed by atoms with Gasteiger partial charge in [-0.2, -0.15) is 0 Å². The minimum Gasteiger partial charge on any atom is -0.410 e. The zero-order valence-corrected chi connectivity index (χ0v) is 7.60. The van der Waals surface area contributed by atoms with Crippen LogP contribution in [-0.4, -0.2) is 29.5 Å². The quantitative estimate of drug-likeness (QED) is 0.279. The normalized spacial score (nSPS) is 14.3. The lowest BCUT2D eigenvalue weighted by atomic mass is 10.2. The molecule has 0 aromatic carbocycles. The molecule has 1 unspecified atom stereocenters. The molecule has 4 nitrogen and oxygen atoms in total. The molecule has 1 amide bonds. The number of hydrogen-bond donors (Lipinski definition) is 2. The van der Waals surface area contributed by atoms with Gasteiger partial charge in [-0.1, -0.05) is 5.16 Å². The van der Waals surface area contributed by atoms with Gasteiger partial charge in [0.15, 0.2) is 0 Å². The average Bonchev–Trinajstić information content (AvgIpc) is 2.05. The van der Waals surface area contributed by atoms with E-state index in [4.69, 9.17) is 5.21 Å². The second-order valence-corrected chi connectivity index (χ2v) is 2.80. The monoisotopic (exact) mass is 176 g/mol. The first kappa shape index (κ1) is 10.3. The molecule has 0 radical (unpaired) electrons. The van der Waals surface area contributed by atoms with Gasteiger partial charge < -0.3 is 10.5 Å². The molecule has 2 N–H and O–H groups in total. The van der Waals surface area contributed by atoms with E-state index in [9.17, 15) is 4.79 Å². The number of carbonyl (C=O) groups excluding carboxylic acids is 1. The van der Waals surface area contributed by atoms with Crippen LogP contribution < -0.4 is 5.32 Å². The molecule has 0 aliphatic rings. The van der Waals surface area contributed by atoms with Crippen LogP contribution in [0.2, 0.25) is 0 Å². The summed E-state index contributed by atoms with van der Waals surface area (Å²) in [7, 11) is 1.55. The zero-order valence-electron chi connectivity index (χ0n) is 6.79. The predicted octanol–water partition coefficient (Wildman–Crippen LogP) is 0.519. The number of carbonyl (C=O) groups is 1. The Balaban J connectivity index is 4.21. The van der Waals surface area contributed by atoms with Crippen LogP contribution in [0, 0.1) is 5.92 Å². The summed E-state index contributed by atoms with van der Waals surface area (Å²) in [5, 5.41) is 14.3. The second kappa shape index (κ2) is 5.01. The van der Waals surface area contributed by atoms with Gasteiger partial charge in [-0.05, 0) is 13.2 Å². The Labute approximate surface area is 70.0 Å². The number of hydrogen-bond acceptors (Lipinski definition) is 4. The maximum absolute atomic E-state index is 11.0. The average molecular weight is 176 g/mol. The summed E-state index contributed by atoms with van der Waals surface area (Å²) in [5.41, 5.74) is 0. The van der Waals surface area contributed by atoms with Crippen molar-refractivity contribution in [1.29, 1.82) is 0 Å². The van der Waals surface area contributed by atoms with Crippen LogP contribution in [0.25, 0.3) is 0 Å². The first-order valence-electron chi connectivity index (χ1n) is 3.14. The van der Waals surface area contributed by atoms with Crippen LogP contribution in [0.5, 0.6) is 0 Å². The standard InChI is InChI=1S/C6H12N2O2S/c1-4(5(9)7-2)6(8-10)11-3/h4,10H,1-3H3,(H,7,9)/b8-6+. The number of oxime groups is 1. The smallest absolute Gasteiger partial charge is 0.229 e. The number of thioether (sulfide) groups is 1. The third kappa shape index (κ3) is 2.80. The highest BCUT2D eigenvalue weighted by Gasteiger charge is 2.17. The van der Waals surface area contributed by atoms with E-state index in [0.29, 0.717) is 5.04 Å². The van der Waals surface area contributed by atoms with E-state index in [-0.39, 0.29) is 11.8 Å². The predicted molar refractivity (Wildman–Crippen MR) is 46.0 cm³/mol. The Hall–Kier alpha value is -0.710. The fourth-order valence-corrected chi connectivity index (χ4v) is 1.18. The Bertz CT molecular complexity index is 170. The van der Waals surface area contributed by atoms with Crippen molar-refractivity contribution in [3.63, 3.8) is 0 Å². The van der Waals surface area contributed by atoms with Crippen LogP contribution >= 0.6 is 11.8 Å². The SMILES string of the molecule is CNC(=O)C(C)/C(=N\O)SC. The summed E-state index contributed by atoms with van der Waals surface area (Å²) in [5.74, 6) is -0.521. The van der Waals surface area contributed by atoms with Crippen LogP contribution in [0.3, 0.4) is 0 Å². The molecule has 11 heavy (non-hydrogen) atoms. The summed E-state index contributed by atoms with van der Waals surface area (Å²) >= 11 is 1.26. The molecule has 0 aliphatic carbocycles. The highest BCUT2D eigenvalue weighted by Crippen LogP contribution is 2.09.